The minimum Gasteiger partial charge on any atom is -0.336 e. The van der Waals surface area contributed by atoms with Gasteiger partial charge in [0.15, 0.2) is 0 Å². The van der Waals surface area contributed by atoms with E-state index in [1.54, 1.807) is 11.0 Å². The molecule has 1 aliphatic rings. The van der Waals surface area contributed by atoms with Gasteiger partial charge in [0.2, 0.25) is 0 Å². The second kappa shape index (κ2) is 4.94. The van der Waals surface area contributed by atoms with Gasteiger partial charge in [-0.05, 0) is 18.6 Å². The van der Waals surface area contributed by atoms with Crippen LogP contribution in [0.5, 0.6) is 0 Å². The molecule has 100 valence electrons. The highest BCUT2D eigenvalue weighted by molar-refractivity contribution is 7.21. The molecule has 0 aliphatic carbocycles. The standard InChI is InChI=1S/C13H12Cl2N2OS/c14-7-1-2-9-10(5-7)19-12(11(9)15)13(18)17-4-3-8(16)6-17/h1-2,5,8H,3-4,6,16H2/t8-/m1/s1. The number of nitrogens with zero attached hydrogens (tertiary/aromatic N) is 1. The van der Waals surface area contributed by atoms with Gasteiger partial charge >= 0.3 is 0 Å². The Kier molecular flexibility index (Phi) is 3.43. The summed E-state index contributed by atoms with van der Waals surface area (Å²) in [5, 5.41) is 2.04. The van der Waals surface area contributed by atoms with Gasteiger partial charge in [0.25, 0.3) is 5.91 Å². The number of rotatable bonds is 1. The number of benzene rings is 1. The number of amides is 1. The predicted octanol–water partition coefficient (Wildman–Crippen LogP) is 3.38. The molecule has 6 heteroatoms. The summed E-state index contributed by atoms with van der Waals surface area (Å²) >= 11 is 13.7. The number of carbonyl (C=O) groups is 1. The molecular formula is C13H12Cl2N2OS. The molecule has 0 saturated carbocycles. The van der Waals surface area contributed by atoms with Crippen LogP contribution in [0, 0.1) is 0 Å². The number of nitrogens with two attached hydrogens (primary N) is 1. The highest BCUT2D eigenvalue weighted by Gasteiger charge is 2.27. The van der Waals surface area contributed by atoms with Crippen LogP contribution < -0.4 is 5.73 Å². The maximum Gasteiger partial charge on any atom is 0.265 e. The number of carbonyl (C=O) groups excluding carboxylic acids is 1. The van der Waals surface area contributed by atoms with Gasteiger partial charge in [-0.2, -0.15) is 0 Å². The molecule has 1 aliphatic heterocycles. The van der Waals surface area contributed by atoms with E-state index in [2.05, 4.69) is 0 Å². The molecule has 3 rings (SSSR count). The van der Waals surface area contributed by atoms with Crippen molar-refractivity contribution in [3.63, 3.8) is 0 Å². The minimum atomic E-state index is -0.0322. The smallest absolute Gasteiger partial charge is 0.265 e. The number of fused-ring (bicyclic) bond motifs is 1. The summed E-state index contributed by atoms with van der Waals surface area (Å²) in [6.07, 6.45) is 0.847. The van der Waals surface area contributed by atoms with Gasteiger partial charge in [0, 0.05) is 34.2 Å². The van der Waals surface area contributed by atoms with Crippen molar-refractivity contribution < 1.29 is 4.79 Å². The molecule has 2 N–H and O–H groups in total. The predicted molar refractivity (Wildman–Crippen MR) is 80.3 cm³/mol. The molecule has 1 fully saturated rings. The molecule has 1 amide bonds. The van der Waals surface area contributed by atoms with E-state index in [4.69, 9.17) is 28.9 Å². The van der Waals surface area contributed by atoms with Crippen LogP contribution in [0.1, 0.15) is 16.1 Å². The quantitative estimate of drug-likeness (QED) is 0.877. The van der Waals surface area contributed by atoms with Crippen LogP contribution in [0.15, 0.2) is 18.2 Å². The number of hydrogen-bond acceptors (Lipinski definition) is 3. The molecule has 19 heavy (non-hydrogen) atoms. The SMILES string of the molecule is N[C@@H]1CCN(C(=O)c2sc3cc(Cl)ccc3c2Cl)C1. The second-order valence-electron chi connectivity index (χ2n) is 4.69. The lowest BCUT2D eigenvalue weighted by Gasteiger charge is -2.14. The van der Waals surface area contributed by atoms with Crippen LogP contribution in [0.4, 0.5) is 0 Å². The first-order chi connectivity index (χ1) is 9.06. The van der Waals surface area contributed by atoms with Gasteiger partial charge in [-0.25, -0.2) is 0 Å². The number of thiophene rings is 1. The Balaban J connectivity index is 2.00. The average molecular weight is 315 g/mol. The lowest BCUT2D eigenvalue weighted by atomic mass is 10.2. The summed E-state index contributed by atoms with van der Waals surface area (Å²) < 4.78 is 0.935. The zero-order valence-corrected chi connectivity index (χ0v) is 12.4. The third-order valence-corrected chi connectivity index (χ3v) is 5.18. The Labute approximate surface area is 124 Å². The number of halogens is 2. The molecular weight excluding hydrogens is 303 g/mol. The van der Waals surface area contributed by atoms with Gasteiger partial charge in [0.1, 0.15) is 4.88 Å². The lowest BCUT2D eigenvalue weighted by molar-refractivity contribution is 0.0796. The van der Waals surface area contributed by atoms with Crippen LogP contribution >= 0.6 is 34.5 Å². The fourth-order valence-corrected chi connectivity index (χ4v) is 4.05. The Hall–Kier alpha value is -0.810. The van der Waals surface area contributed by atoms with Crippen molar-refractivity contribution in [1.82, 2.24) is 4.90 Å². The number of likely N-dealkylation sites (tertiary alicyclic amines) is 1. The van der Waals surface area contributed by atoms with E-state index < -0.39 is 0 Å². The van der Waals surface area contributed by atoms with Gasteiger partial charge in [-0.15, -0.1) is 11.3 Å². The molecule has 2 aromatic rings. The molecule has 1 aromatic heterocycles. The second-order valence-corrected chi connectivity index (χ2v) is 6.55. The average Bonchev–Trinajstić information content (AvgIpc) is 2.93. The zero-order valence-electron chi connectivity index (χ0n) is 10.0. The van der Waals surface area contributed by atoms with E-state index in [1.165, 1.54) is 11.3 Å². The van der Waals surface area contributed by atoms with E-state index in [1.807, 2.05) is 12.1 Å². The van der Waals surface area contributed by atoms with Crippen LogP contribution in [-0.4, -0.2) is 29.9 Å². The third kappa shape index (κ3) is 2.34. The summed E-state index contributed by atoms with van der Waals surface area (Å²) in [5.41, 5.74) is 5.83. The highest BCUT2D eigenvalue weighted by atomic mass is 35.5. The molecule has 3 nitrogen and oxygen atoms in total. The van der Waals surface area contributed by atoms with Crippen molar-refractivity contribution in [2.24, 2.45) is 5.73 Å². The third-order valence-electron chi connectivity index (χ3n) is 3.30. The van der Waals surface area contributed by atoms with Crippen molar-refractivity contribution in [3.8, 4) is 0 Å². The van der Waals surface area contributed by atoms with E-state index >= 15 is 0 Å². The Morgan fingerprint density at radius 1 is 1.42 bits per heavy atom. The molecule has 1 aromatic carbocycles. The number of hydrogen-bond donors (Lipinski definition) is 1. The van der Waals surface area contributed by atoms with Crippen molar-refractivity contribution >= 4 is 50.5 Å². The van der Waals surface area contributed by atoms with Gasteiger partial charge in [0.05, 0.1) is 5.02 Å². The van der Waals surface area contributed by atoms with Crippen molar-refractivity contribution in [1.29, 1.82) is 0 Å². The van der Waals surface area contributed by atoms with Crippen molar-refractivity contribution in [3.05, 3.63) is 33.1 Å². The largest absolute Gasteiger partial charge is 0.336 e. The van der Waals surface area contributed by atoms with Crippen molar-refractivity contribution in [2.45, 2.75) is 12.5 Å². The normalized spacial score (nSPS) is 19.3. The zero-order chi connectivity index (χ0) is 13.6. The van der Waals surface area contributed by atoms with Gasteiger partial charge in [-0.3, -0.25) is 4.79 Å². The minimum absolute atomic E-state index is 0.0322. The topological polar surface area (TPSA) is 46.3 Å². The monoisotopic (exact) mass is 314 g/mol. The van der Waals surface area contributed by atoms with E-state index in [-0.39, 0.29) is 11.9 Å². The summed E-state index contributed by atoms with van der Waals surface area (Å²) in [6.45, 7) is 1.30. The van der Waals surface area contributed by atoms with E-state index in [0.29, 0.717) is 28.0 Å². The molecule has 0 spiro atoms. The fourth-order valence-electron chi connectivity index (χ4n) is 2.29. The molecule has 1 saturated heterocycles. The first kappa shape index (κ1) is 13.2. The van der Waals surface area contributed by atoms with Crippen LogP contribution in [-0.2, 0) is 0 Å². The maximum atomic E-state index is 12.4. The molecule has 2 heterocycles. The first-order valence-corrected chi connectivity index (χ1v) is 7.56. The Bertz CT molecular complexity index is 655. The Morgan fingerprint density at radius 3 is 2.89 bits per heavy atom. The summed E-state index contributed by atoms with van der Waals surface area (Å²) in [5.74, 6) is -0.0322. The van der Waals surface area contributed by atoms with Crippen LogP contribution in [0.25, 0.3) is 10.1 Å². The Morgan fingerprint density at radius 2 is 2.21 bits per heavy atom. The summed E-state index contributed by atoms with van der Waals surface area (Å²) in [7, 11) is 0. The summed E-state index contributed by atoms with van der Waals surface area (Å²) in [6, 6.07) is 5.54. The molecule has 0 radical (unpaired) electrons. The van der Waals surface area contributed by atoms with E-state index in [0.717, 1.165) is 16.5 Å². The molecule has 1 atom stereocenters. The van der Waals surface area contributed by atoms with Crippen molar-refractivity contribution in [2.75, 3.05) is 13.1 Å². The maximum absolute atomic E-state index is 12.4. The molecule has 0 unspecified atom stereocenters. The van der Waals surface area contributed by atoms with Crippen LogP contribution in [0.3, 0.4) is 0 Å². The van der Waals surface area contributed by atoms with Gasteiger partial charge < -0.3 is 10.6 Å². The first-order valence-electron chi connectivity index (χ1n) is 5.98. The molecule has 0 bridgehead atoms. The lowest BCUT2D eigenvalue weighted by Crippen LogP contribution is -2.31. The highest BCUT2D eigenvalue weighted by Crippen LogP contribution is 2.37. The van der Waals surface area contributed by atoms with E-state index in [9.17, 15) is 4.79 Å². The van der Waals surface area contributed by atoms with Crippen LogP contribution in [0.2, 0.25) is 10.0 Å². The van der Waals surface area contributed by atoms with Gasteiger partial charge in [-0.1, -0.05) is 29.3 Å². The fraction of sp³-hybridized carbons (Fsp3) is 0.308. The summed E-state index contributed by atoms with van der Waals surface area (Å²) in [4.78, 5) is 14.8.